The summed E-state index contributed by atoms with van der Waals surface area (Å²) < 4.78 is 1.27. The third kappa shape index (κ3) is 4.99. The van der Waals surface area contributed by atoms with E-state index in [1.807, 2.05) is 6.92 Å². The van der Waals surface area contributed by atoms with Gasteiger partial charge in [-0.3, -0.25) is 23.9 Å². The average Bonchev–Trinajstić information content (AvgIpc) is 2.60. The van der Waals surface area contributed by atoms with Gasteiger partial charge in [0.25, 0.3) is 5.56 Å². The van der Waals surface area contributed by atoms with Crippen LogP contribution < -0.4 is 21.9 Å². The quantitative estimate of drug-likeness (QED) is 0.752. The molecule has 0 atom stereocenters. The molecule has 9 nitrogen and oxygen atoms in total. The van der Waals surface area contributed by atoms with Gasteiger partial charge >= 0.3 is 5.69 Å². The molecule has 150 valence electrons. The second kappa shape index (κ2) is 9.38. The summed E-state index contributed by atoms with van der Waals surface area (Å²) in [4.78, 5) is 54.1. The fourth-order valence-electron chi connectivity index (χ4n) is 3.22. The SMILES string of the molecule is CCCCn1c(N)c(N(C)C(=O)CN2CCCCCCC2=O)c(=O)[nH]c1=O. The number of unbranched alkanes of at least 4 members (excludes halogenated alkanes) is 1. The van der Waals surface area contributed by atoms with E-state index in [0.29, 0.717) is 19.5 Å². The molecule has 1 fully saturated rings. The maximum atomic E-state index is 12.7. The van der Waals surface area contributed by atoms with Gasteiger partial charge in [-0.2, -0.15) is 0 Å². The molecule has 2 heterocycles. The lowest BCUT2D eigenvalue weighted by atomic mass is 10.1. The molecular formula is C18H29N5O4. The number of hydrogen-bond acceptors (Lipinski definition) is 5. The van der Waals surface area contributed by atoms with Crippen LogP contribution in [-0.2, 0) is 16.1 Å². The van der Waals surface area contributed by atoms with Crippen molar-refractivity contribution in [1.29, 1.82) is 0 Å². The zero-order valence-corrected chi connectivity index (χ0v) is 16.1. The first-order chi connectivity index (χ1) is 12.9. The maximum Gasteiger partial charge on any atom is 0.330 e. The second-order valence-corrected chi connectivity index (χ2v) is 6.93. The first-order valence-electron chi connectivity index (χ1n) is 9.53. The number of nitrogens with zero attached hydrogens (tertiary/aromatic N) is 3. The highest BCUT2D eigenvalue weighted by Crippen LogP contribution is 2.17. The summed E-state index contributed by atoms with van der Waals surface area (Å²) in [6.07, 6.45) is 5.74. The summed E-state index contributed by atoms with van der Waals surface area (Å²) in [6.45, 7) is 2.75. The lowest BCUT2D eigenvalue weighted by Gasteiger charge is -2.27. The highest BCUT2D eigenvalue weighted by molar-refractivity contribution is 5.98. The molecular weight excluding hydrogens is 350 g/mol. The zero-order chi connectivity index (χ0) is 20.0. The molecule has 3 N–H and O–H groups in total. The first kappa shape index (κ1) is 20.7. The molecule has 1 aromatic rings. The summed E-state index contributed by atoms with van der Waals surface area (Å²) in [6, 6.07) is 0. The maximum absolute atomic E-state index is 12.7. The fourth-order valence-corrected chi connectivity index (χ4v) is 3.22. The third-order valence-electron chi connectivity index (χ3n) is 4.91. The summed E-state index contributed by atoms with van der Waals surface area (Å²) >= 11 is 0. The molecule has 1 saturated heterocycles. The topological polar surface area (TPSA) is 121 Å². The molecule has 27 heavy (non-hydrogen) atoms. The van der Waals surface area contributed by atoms with Crippen molar-refractivity contribution in [3.63, 3.8) is 0 Å². The Morgan fingerprint density at radius 3 is 2.59 bits per heavy atom. The molecule has 1 aliphatic rings. The van der Waals surface area contributed by atoms with Gasteiger partial charge in [-0.15, -0.1) is 0 Å². The van der Waals surface area contributed by atoms with Crippen molar-refractivity contribution >= 4 is 23.3 Å². The van der Waals surface area contributed by atoms with E-state index in [0.717, 1.165) is 43.4 Å². The minimum atomic E-state index is -0.708. The predicted molar refractivity (Wildman–Crippen MR) is 104 cm³/mol. The van der Waals surface area contributed by atoms with Crippen LogP contribution in [0.2, 0.25) is 0 Å². The Morgan fingerprint density at radius 2 is 1.89 bits per heavy atom. The van der Waals surface area contributed by atoms with Gasteiger partial charge in [0.15, 0.2) is 5.69 Å². The Bertz CT molecular complexity index is 798. The molecule has 9 heteroatoms. The van der Waals surface area contributed by atoms with Crippen LogP contribution in [0.5, 0.6) is 0 Å². The van der Waals surface area contributed by atoms with Gasteiger partial charge in [0, 0.05) is 26.6 Å². The molecule has 0 radical (unpaired) electrons. The highest BCUT2D eigenvalue weighted by atomic mass is 16.2. The van der Waals surface area contributed by atoms with Crippen LogP contribution in [-0.4, -0.2) is 46.4 Å². The molecule has 0 aliphatic carbocycles. The Labute approximate surface area is 158 Å². The second-order valence-electron chi connectivity index (χ2n) is 6.93. The number of hydrogen-bond donors (Lipinski definition) is 2. The van der Waals surface area contributed by atoms with Crippen LogP contribution in [0.1, 0.15) is 51.9 Å². The van der Waals surface area contributed by atoms with Gasteiger partial charge in [-0.05, 0) is 19.3 Å². The summed E-state index contributed by atoms with van der Waals surface area (Å²) in [7, 11) is 1.44. The van der Waals surface area contributed by atoms with Crippen molar-refractivity contribution in [1.82, 2.24) is 14.5 Å². The Morgan fingerprint density at radius 1 is 1.19 bits per heavy atom. The van der Waals surface area contributed by atoms with E-state index in [-0.39, 0.29) is 24.0 Å². The largest absolute Gasteiger partial charge is 0.383 e. The monoisotopic (exact) mass is 379 g/mol. The van der Waals surface area contributed by atoms with Gasteiger partial charge in [-0.1, -0.05) is 26.2 Å². The predicted octanol–water partition coefficient (Wildman–Crippen LogP) is 0.674. The first-order valence-corrected chi connectivity index (χ1v) is 9.53. The highest BCUT2D eigenvalue weighted by Gasteiger charge is 2.24. The Balaban J connectivity index is 2.24. The van der Waals surface area contributed by atoms with Crippen LogP contribution in [0, 0.1) is 0 Å². The lowest BCUT2D eigenvalue weighted by molar-refractivity contribution is -0.135. The molecule has 0 aromatic carbocycles. The Hall–Kier alpha value is -2.58. The van der Waals surface area contributed by atoms with Crippen molar-refractivity contribution in [2.45, 2.75) is 58.4 Å². The number of amides is 2. The van der Waals surface area contributed by atoms with Gasteiger partial charge in [0.1, 0.15) is 12.4 Å². The summed E-state index contributed by atoms with van der Waals surface area (Å²) in [5.41, 5.74) is 4.68. The van der Waals surface area contributed by atoms with Gasteiger partial charge < -0.3 is 15.5 Å². The third-order valence-corrected chi connectivity index (χ3v) is 4.91. The van der Waals surface area contributed by atoms with E-state index < -0.39 is 17.2 Å². The van der Waals surface area contributed by atoms with E-state index in [2.05, 4.69) is 4.98 Å². The number of H-pyrrole nitrogens is 1. The van der Waals surface area contributed by atoms with Crippen LogP contribution in [0.4, 0.5) is 11.5 Å². The van der Waals surface area contributed by atoms with Crippen LogP contribution in [0.15, 0.2) is 9.59 Å². The summed E-state index contributed by atoms with van der Waals surface area (Å²) in [5, 5.41) is 0. The molecule has 1 aromatic heterocycles. The number of aromatic nitrogens is 2. The number of likely N-dealkylation sites (N-methyl/N-ethyl adjacent to an activating group) is 1. The molecule has 2 amide bonds. The summed E-state index contributed by atoms with van der Waals surface area (Å²) in [5.74, 6) is -0.500. The number of nitrogens with one attached hydrogen (secondary N) is 1. The minimum absolute atomic E-state index is 0.0351. The van der Waals surface area contributed by atoms with Crippen molar-refractivity contribution in [3.8, 4) is 0 Å². The van der Waals surface area contributed by atoms with Crippen LogP contribution in [0.25, 0.3) is 0 Å². The van der Waals surface area contributed by atoms with E-state index in [4.69, 9.17) is 5.73 Å². The van der Waals surface area contributed by atoms with Crippen LogP contribution in [0.3, 0.4) is 0 Å². The van der Waals surface area contributed by atoms with Crippen molar-refractivity contribution in [3.05, 3.63) is 20.8 Å². The number of aromatic amines is 1. The van der Waals surface area contributed by atoms with Crippen molar-refractivity contribution < 1.29 is 9.59 Å². The number of carbonyl (C=O) groups excluding carboxylic acids is 2. The van der Waals surface area contributed by atoms with E-state index in [1.165, 1.54) is 16.5 Å². The number of anilines is 2. The minimum Gasteiger partial charge on any atom is -0.383 e. The van der Waals surface area contributed by atoms with E-state index >= 15 is 0 Å². The van der Waals surface area contributed by atoms with E-state index in [9.17, 15) is 19.2 Å². The smallest absolute Gasteiger partial charge is 0.330 e. The van der Waals surface area contributed by atoms with Gasteiger partial charge in [0.05, 0.1) is 0 Å². The molecule has 2 rings (SSSR count). The number of nitrogens with two attached hydrogens (primary N) is 1. The molecule has 0 saturated carbocycles. The normalized spacial score (nSPS) is 15.3. The average molecular weight is 379 g/mol. The fraction of sp³-hybridized carbons (Fsp3) is 0.667. The number of likely N-dealkylation sites (tertiary alicyclic amines) is 1. The Kier molecular flexibility index (Phi) is 7.20. The number of carbonyl (C=O) groups is 2. The van der Waals surface area contributed by atoms with Crippen molar-refractivity contribution in [2.24, 2.45) is 0 Å². The van der Waals surface area contributed by atoms with Crippen molar-refractivity contribution in [2.75, 3.05) is 30.8 Å². The molecule has 0 spiro atoms. The zero-order valence-electron chi connectivity index (χ0n) is 16.1. The van der Waals surface area contributed by atoms with Gasteiger partial charge in [0.2, 0.25) is 11.8 Å². The number of nitrogen functional groups attached to an aromatic ring is 1. The van der Waals surface area contributed by atoms with E-state index in [1.54, 1.807) is 0 Å². The molecule has 0 bridgehead atoms. The van der Waals surface area contributed by atoms with Gasteiger partial charge in [-0.25, -0.2) is 4.79 Å². The number of rotatable bonds is 6. The van der Waals surface area contributed by atoms with Crippen LogP contribution >= 0.6 is 0 Å². The molecule has 1 aliphatic heterocycles. The standard InChI is InChI=1S/C18H29N5O4/c1-3-4-11-23-16(19)15(17(26)20-18(23)27)21(2)14(25)12-22-10-8-6-5-7-9-13(22)24/h3-12,19H2,1-2H3,(H,20,26,27). The molecule has 0 unspecified atom stereocenters. The lowest BCUT2D eigenvalue weighted by Crippen LogP contribution is -2.45.